The topological polar surface area (TPSA) is 55.2 Å². The second-order valence-corrected chi connectivity index (χ2v) is 4.69. The molecule has 0 saturated heterocycles. The van der Waals surface area contributed by atoms with Crippen molar-refractivity contribution in [3.8, 4) is 0 Å². The Hall–Kier alpha value is -1.69. The van der Waals surface area contributed by atoms with Crippen LogP contribution in [0.5, 0.6) is 0 Å². The minimum atomic E-state index is -0.238. The van der Waals surface area contributed by atoms with Crippen molar-refractivity contribution in [1.82, 2.24) is 14.5 Å². The fraction of sp³-hybridized carbons (Fsp3) is 0.182. The summed E-state index contributed by atoms with van der Waals surface area (Å²) in [5, 5.41) is 0.657. The fourth-order valence-corrected chi connectivity index (χ4v) is 1.89. The van der Waals surface area contributed by atoms with Gasteiger partial charge in [0.25, 0.3) is 0 Å². The highest BCUT2D eigenvalue weighted by Gasteiger charge is 2.15. The average Bonchev–Trinajstić information content (AvgIpc) is 2.65. The van der Waals surface area contributed by atoms with Crippen LogP contribution in [0.1, 0.15) is 10.4 Å². The third kappa shape index (κ3) is 1.95. The predicted molar refractivity (Wildman–Crippen MR) is 67.3 cm³/mol. The van der Waals surface area contributed by atoms with Crippen LogP contribution in [0, 0.1) is 0 Å². The summed E-state index contributed by atoms with van der Waals surface area (Å²) in [7, 11) is 3.29. The van der Waals surface area contributed by atoms with Gasteiger partial charge < -0.3 is 4.90 Å². The van der Waals surface area contributed by atoms with Crippen molar-refractivity contribution in [3.63, 3.8) is 0 Å². The van der Waals surface area contributed by atoms with E-state index in [-0.39, 0.29) is 6.03 Å². The molecule has 0 aromatic carbocycles. The van der Waals surface area contributed by atoms with Gasteiger partial charge in [-0.25, -0.2) is 9.78 Å². The number of aldehydes is 1. The molecule has 0 spiro atoms. The fourth-order valence-electron chi connectivity index (χ4n) is 1.56. The predicted octanol–water partition coefficient (Wildman–Crippen LogP) is 2.14. The van der Waals surface area contributed by atoms with E-state index in [1.54, 1.807) is 26.4 Å². The Balaban J connectivity index is 2.73. The lowest BCUT2D eigenvalue weighted by molar-refractivity contribution is 0.112. The summed E-state index contributed by atoms with van der Waals surface area (Å²) >= 11 is 3.29. The summed E-state index contributed by atoms with van der Waals surface area (Å²) in [6.45, 7) is 0. The van der Waals surface area contributed by atoms with Crippen LogP contribution < -0.4 is 0 Å². The molecule has 1 amide bonds. The number of fused-ring (bicyclic) bond motifs is 1. The Morgan fingerprint density at radius 1 is 1.53 bits per heavy atom. The highest BCUT2D eigenvalue weighted by atomic mass is 79.9. The SMILES string of the molecule is CN(C)C(=O)n1cc(C=O)c2cc(Br)cnc21. The van der Waals surface area contributed by atoms with E-state index in [1.807, 2.05) is 0 Å². The van der Waals surface area contributed by atoms with Crippen molar-refractivity contribution in [2.45, 2.75) is 0 Å². The Morgan fingerprint density at radius 2 is 2.24 bits per heavy atom. The lowest BCUT2D eigenvalue weighted by Crippen LogP contribution is -2.26. The summed E-state index contributed by atoms with van der Waals surface area (Å²) in [6.07, 6.45) is 3.81. The molecule has 0 N–H and O–H groups in total. The standard InChI is InChI=1S/C11H10BrN3O2/c1-14(2)11(17)15-5-7(6-16)9-3-8(12)4-13-10(9)15/h3-6H,1-2H3. The monoisotopic (exact) mass is 295 g/mol. The Kier molecular flexibility index (Phi) is 2.97. The second-order valence-electron chi connectivity index (χ2n) is 3.77. The van der Waals surface area contributed by atoms with Crippen molar-refractivity contribution in [1.29, 1.82) is 0 Å². The maximum Gasteiger partial charge on any atom is 0.329 e. The molecule has 5 nitrogen and oxygen atoms in total. The summed E-state index contributed by atoms with van der Waals surface area (Å²) in [4.78, 5) is 28.4. The van der Waals surface area contributed by atoms with Gasteiger partial charge >= 0.3 is 6.03 Å². The number of aromatic nitrogens is 2. The van der Waals surface area contributed by atoms with E-state index in [9.17, 15) is 9.59 Å². The zero-order valence-electron chi connectivity index (χ0n) is 9.35. The van der Waals surface area contributed by atoms with Gasteiger partial charge in [0.2, 0.25) is 0 Å². The van der Waals surface area contributed by atoms with Crippen LogP contribution in [0.2, 0.25) is 0 Å². The third-order valence-electron chi connectivity index (χ3n) is 2.36. The van der Waals surface area contributed by atoms with Gasteiger partial charge in [-0.3, -0.25) is 9.36 Å². The molecule has 0 atom stereocenters. The largest absolute Gasteiger partial charge is 0.330 e. The number of carbonyl (C=O) groups is 2. The van der Waals surface area contributed by atoms with Gasteiger partial charge in [-0.1, -0.05) is 0 Å². The van der Waals surface area contributed by atoms with Gasteiger partial charge in [-0.15, -0.1) is 0 Å². The summed E-state index contributed by atoms with van der Waals surface area (Å²) in [5.74, 6) is 0. The van der Waals surface area contributed by atoms with Crippen LogP contribution in [-0.4, -0.2) is 40.9 Å². The van der Waals surface area contributed by atoms with Crippen molar-refractivity contribution >= 4 is 39.3 Å². The van der Waals surface area contributed by atoms with Gasteiger partial charge in [0, 0.05) is 41.9 Å². The van der Waals surface area contributed by atoms with E-state index in [2.05, 4.69) is 20.9 Å². The molecule has 6 heteroatoms. The molecular formula is C11H10BrN3O2. The van der Waals surface area contributed by atoms with E-state index in [4.69, 9.17) is 0 Å². The van der Waals surface area contributed by atoms with Crippen molar-refractivity contribution in [2.24, 2.45) is 0 Å². The van der Waals surface area contributed by atoms with Gasteiger partial charge in [0.05, 0.1) is 0 Å². The van der Waals surface area contributed by atoms with Gasteiger partial charge in [-0.2, -0.15) is 0 Å². The molecule has 0 aliphatic heterocycles. The Morgan fingerprint density at radius 3 is 2.82 bits per heavy atom. The van der Waals surface area contributed by atoms with Gasteiger partial charge in [0.15, 0.2) is 6.29 Å². The minimum absolute atomic E-state index is 0.238. The molecule has 0 bridgehead atoms. The Bertz CT molecular complexity index is 604. The number of hydrogen-bond donors (Lipinski definition) is 0. The zero-order chi connectivity index (χ0) is 12.6. The number of pyridine rings is 1. The molecule has 0 aliphatic carbocycles. The van der Waals surface area contributed by atoms with E-state index in [0.717, 1.165) is 10.8 Å². The van der Waals surface area contributed by atoms with Crippen molar-refractivity contribution in [3.05, 3.63) is 28.5 Å². The number of nitrogens with zero attached hydrogens (tertiary/aromatic N) is 3. The Labute approximate surface area is 106 Å². The summed E-state index contributed by atoms with van der Waals surface area (Å²) < 4.78 is 2.13. The first-order valence-corrected chi connectivity index (χ1v) is 5.67. The first-order chi connectivity index (χ1) is 8.04. The van der Waals surface area contributed by atoms with E-state index >= 15 is 0 Å². The van der Waals surface area contributed by atoms with Crippen LogP contribution in [0.3, 0.4) is 0 Å². The molecule has 0 fully saturated rings. The second kappa shape index (κ2) is 4.29. The van der Waals surface area contributed by atoms with E-state index in [1.165, 1.54) is 15.7 Å². The average molecular weight is 296 g/mol. The maximum atomic E-state index is 11.9. The van der Waals surface area contributed by atoms with Crippen LogP contribution in [-0.2, 0) is 0 Å². The highest BCUT2D eigenvalue weighted by molar-refractivity contribution is 9.10. The lowest BCUT2D eigenvalue weighted by Gasteiger charge is -2.10. The van der Waals surface area contributed by atoms with Gasteiger partial charge in [0.1, 0.15) is 5.65 Å². The van der Waals surface area contributed by atoms with E-state index in [0.29, 0.717) is 16.6 Å². The molecular weight excluding hydrogens is 286 g/mol. The number of halogens is 1. The smallest absolute Gasteiger partial charge is 0.329 e. The number of amides is 1. The van der Waals surface area contributed by atoms with Crippen LogP contribution >= 0.6 is 15.9 Å². The molecule has 0 radical (unpaired) electrons. The molecule has 2 aromatic heterocycles. The third-order valence-corrected chi connectivity index (χ3v) is 2.79. The molecule has 88 valence electrons. The van der Waals surface area contributed by atoms with Crippen molar-refractivity contribution in [2.75, 3.05) is 14.1 Å². The van der Waals surface area contributed by atoms with Gasteiger partial charge in [-0.05, 0) is 22.0 Å². The van der Waals surface area contributed by atoms with Crippen LogP contribution in [0.25, 0.3) is 11.0 Å². The number of hydrogen-bond acceptors (Lipinski definition) is 3. The highest BCUT2D eigenvalue weighted by Crippen LogP contribution is 2.22. The summed E-state index contributed by atoms with van der Waals surface area (Å²) in [6, 6.07) is 1.53. The first-order valence-electron chi connectivity index (χ1n) is 4.88. The molecule has 0 aliphatic rings. The number of rotatable bonds is 1. The summed E-state index contributed by atoms with van der Waals surface area (Å²) in [5.41, 5.74) is 0.929. The molecule has 2 rings (SSSR count). The maximum absolute atomic E-state index is 11.9. The lowest BCUT2D eigenvalue weighted by atomic mass is 10.2. The molecule has 0 unspecified atom stereocenters. The molecule has 17 heavy (non-hydrogen) atoms. The van der Waals surface area contributed by atoms with Crippen LogP contribution in [0.15, 0.2) is 22.9 Å². The zero-order valence-corrected chi connectivity index (χ0v) is 10.9. The van der Waals surface area contributed by atoms with Crippen molar-refractivity contribution < 1.29 is 9.59 Å². The van der Waals surface area contributed by atoms with E-state index < -0.39 is 0 Å². The normalized spacial score (nSPS) is 10.5. The number of carbonyl (C=O) groups excluding carboxylic acids is 2. The van der Waals surface area contributed by atoms with Crippen LogP contribution in [0.4, 0.5) is 4.79 Å². The quantitative estimate of drug-likeness (QED) is 0.758. The minimum Gasteiger partial charge on any atom is -0.330 e. The molecule has 0 saturated carbocycles. The molecule has 2 heterocycles. The first kappa shape index (κ1) is 11.8. The molecule has 2 aromatic rings.